The van der Waals surface area contributed by atoms with Crippen molar-refractivity contribution in [2.75, 3.05) is 0 Å². The minimum absolute atomic E-state index is 0.183. The standard InChI is InChI=1S/C20H14Br2O2/c21-13-3-5-15-11(9-13)1-7-17(23)19(15)20-16-6-4-14(22)10-12(16)2-8-18(20)24/h1-3,5,7-10,23-24H,4,6H2. The van der Waals surface area contributed by atoms with Gasteiger partial charge in [0.15, 0.2) is 0 Å². The summed E-state index contributed by atoms with van der Waals surface area (Å²) in [6, 6.07) is 13.2. The van der Waals surface area contributed by atoms with E-state index in [9.17, 15) is 10.2 Å². The van der Waals surface area contributed by atoms with Gasteiger partial charge in [-0.3, -0.25) is 0 Å². The van der Waals surface area contributed by atoms with Crippen molar-refractivity contribution >= 4 is 48.7 Å². The third kappa shape index (κ3) is 2.54. The number of benzene rings is 3. The topological polar surface area (TPSA) is 40.5 Å². The fraction of sp³-hybridized carbons (Fsp3) is 0.100. The molecule has 3 aromatic carbocycles. The number of phenols is 2. The largest absolute Gasteiger partial charge is 0.507 e. The molecule has 4 heteroatoms. The molecule has 2 N–H and O–H groups in total. The molecule has 4 rings (SSSR count). The van der Waals surface area contributed by atoms with Gasteiger partial charge in [0, 0.05) is 15.6 Å². The van der Waals surface area contributed by atoms with E-state index in [0.29, 0.717) is 5.56 Å². The highest BCUT2D eigenvalue weighted by Gasteiger charge is 2.21. The number of hydrogen-bond acceptors (Lipinski definition) is 2. The van der Waals surface area contributed by atoms with E-state index in [1.54, 1.807) is 12.1 Å². The van der Waals surface area contributed by atoms with Crippen LogP contribution in [0, 0.1) is 0 Å². The van der Waals surface area contributed by atoms with Crippen molar-refractivity contribution in [1.82, 2.24) is 0 Å². The maximum atomic E-state index is 10.6. The van der Waals surface area contributed by atoms with Gasteiger partial charge in [0.05, 0.1) is 0 Å². The third-order valence-corrected chi connectivity index (χ3v) is 5.58. The summed E-state index contributed by atoms with van der Waals surface area (Å²) in [6.45, 7) is 0. The van der Waals surface area contributed by atoms with E-state index in [-0.39, 0.29) is 11.5 Å². The Morgan fingerprint density at radius 2 is 1.54 bits per heavy atom. The molecule has 0 bridgehead atoms. The molecule has 1 aliphatic carbocycles. The van der Waals surface area contributed by atoms with Crippen molar-refractivity contribution in [2.24, 2.45) is 0 Å². The number of phenolic OH excluding ortho intramolecular Hbond substituents is 2. The van der Waals surface area contributed by atoms with Gasteiger partial charge in [-0.05, 0) is 69.6 Å². The predicted octanol–water partition coefficient (Wildman–Crippen LogP) is 6.36. The van der Waals surface area contributed by atoms with E-state index < -0.39 is 0 Å². The quantitative estimate of drug-likeness (QED) is 0.457. The molecule has 2 nitrogen and oxygen atoms in total. The summed E-state index contributed by atoms with van der Waals surface area (Å²) in [5, 5.41) is 23.1. The number of aromatic hydroxyl groups is 2. The first-order chi connectivity index (χ1) is 11.5. The Kier molecular flexibility index (Phi) is 3.89. The van der Waals surface area contributed by atoms with Crippen LogP contribution in [0.15, 0.2) is 51.4 Å². The summed E-state index contributed by atoms with van der Waals surface area (Å²) in [4.78, 5) is 0. The smallest absolute Gasteiger partial charge is 0.124 e. The van der Waals surface area contributed by atoms with Crippen LogP contribution in [0.5, 0.6) is 11.5 Å². The molecule has 24 heavy (non-hydrogen) atoms. The second-order valence-electron chi connectivity index (χ2n) is 5.94. The molecule has 0 aromatic heterocycles. The summed E-state index contributed by atoms with van der Waals surface area (Å²) < 4.78 is 2.13. The van der Waals surface area contributed by atoms with Crippen LogP contribution >= 0.6 is 31.9 Å². The molecule has 0 radical (unpaired) electrons. The number of halogens is 2. The molecular weight excluding hydrogens is 432 g/mol. The zero-order chi connectivity index (χ0) is 16.8. The number of rotatable bonds is 1. The van der Waals surface area contributed by atoms with E-state index in [1.165, 1.54) is 0 Å². The van der Waals surface area contributed by atoms with E-state index in [0.717, 1.165) is 49.3 Å². The highest BCUT2D eigenvalue weighted by atomic mass is 79.9. The molecule has 1 aliphatic rings. The lowest BCUT2D eigenvalue weighted by Crippen LogP contribution is -2.00. The molecular formula is C20H14Br2O2. The molecule has 0 saturated heterocycles. The van der Waals surface area contributed by atoms with Crippen molar-refractivity contribution in [1.29, 1.82) is 0 Å². The lowest BCUT2D eigenvalue weighted by Gasteiger charge is -2.20. The Hall–Kier alpha value is -1.78. The van der Waals surface area contributed by atoms with Gasteiger partial charge in [-0.15, -0.1) is 0 Å². The van der Waals surface area contributed by atoms with Crippen molar-refractivity contribution in [3.05, 3.63) is 62.5 Å². The highest BCUT2D eigenvalue weighted by molar-refractivity contribution is 9.11. The van der Waals surface area contributed by atoms with Gasteiger partial charge in [0.1, 0.15) is 11.5 Å². The van der Waals surface area contributed by atoms with Gasteiger partial charge in [-0.2, -0.15) is 0 Å². The molecule has 3 aromatic rings. The Bertz CT molecular complexity index is 1010. The molecule has 0 unspecified atom stereocenters. The first-order valence-corrected chi connectivity index (χ1v) is 9.26. The SMILES string of the molecule is Oc1ccc2c(c1-c1c(O)ccc3cc(Br)ccc13)CCC(Br)=C2. The predicted molar refractivity (Wildman–Crippen MR) is 106 cm³/mol. The van der Waals surface area contributed by atoms with Crippen LogP contribution in [-0.4, -0.2) is 10.2 Å². The Balaban J connectivity index is 2.09. The second-order valence-corrected chi connectivity index (χ2v) is 7.88. The van der Waals surface area contributed by atoms with Gasteiger partial charge in [0.25, 0.3) is 0 Å². The highest BCUT2D eigenvalue weighted by Crippen LogP contribution is 2.46. The summed E-state index contributed by atoms with van der Waals surface area (Å²) >= 11 is 7.05. The van der Waals surface area contributed by atoms with Crippen LogP contribution in [0.3, 0.4) is 0 Å². The molecule has 0 atom stereocenters. The Morgan fingerprint density at radius 3 is 2.38 bits per heavy atom. The lowest BCUT2D eigenvalue weighted by molar-refractivity contribution is 0.469. The van der Waals surface area contributed by atoms with Gasteiger partial charge in [-0.25, -0.2) is 0 Å². The maximum absolute atomic E-state index is 10.6. The summed E-state index contributed by atoms with van der Waals surface area (Å²) in [5.41, 5.74) is 3.58. The van der Waals surface area contributed by atoms with Gasteiger partial charge in [-0.1, -0.05) is 50.1 Å². The van der Waals surface area contributed by atoms with E-state index in [4.69, 9.17) is 0 Å². The van der Waals surface area contributed by atoms with Gasteiger partial charge in [0.2, 0.25) is 0 Å². The van der Waals surface area contributed by atoms with Crippen LogP contribution < -0.4 is 0 Å². The van der Waals surface area contributed by atoms with Crippen LogP contribution in [0.25, 0.3) is 28.0 Å². The zero-order valence-electron chi connectivity index (χ0n) is 12.7. The molecule has 0 saturated carbocycles. The van der Waals surface area contributed by atoms with Crippen LogP contribution in [-0.2, 0) is 6.42 Å². The number of allylic oxidation sites excluding steroid dienone is 1. The van der Waals surface area contributed by atoms with Gasteiger partial charge >= 0.3 is 0 Å². The number of fused-ring (bicyclic) bond motifs is 2. The van der Waals surface area contributed by atoms with E-state index in [1.807, 2.05) is 30.3 Å². The van der Waals surface area contributed by atoms with Crippen molar-refractivity contribution in [3.8, 4) is 22.6 Å². The molecule has 0 spiro atoms. The minimum atomic E-state index is 0.183. The summed E-state index contributed by atoms with van der Waals surface area (Å²) in [6.07, 6.45) is 3.80. The first-order valence-electron chi connectivity index (χ1n) is 7.67. The molecule has 0 aliphatic heterocycles. The third-order valence-electron chi connectivity index (χ3n) is 4.46. The first kappa shape index (κ1) is 15.7. The monoisotopic (exact) mass is 444 g/mol. The molecule has 0 amide bonds. The fourth-order valence-electron chi connectivity index (χ4n) is 3.37. The lowest BCUT2D eigenvalue weighted by atomic mass is 9.86. The number of hydrogen-bond donors (Lipinski definition) is 2. The molecule has 0 fully saturated rings. The maximum Gasteiger partial charge on any atom is 0.124 e. The fourth-order valence-corrected chi connectivity index (χ4v) is 4.20. The second kappa shape index (κ2) is 5.94. The Labute approximate surface area is 156 Å². The van der Waals surface area contributed by atoms with E-state index in [2.05, 4.69) is 37.9 Å². The molecule has 0 heterocycles. The normalized spacial score (nSPS) is 13.7. The van der Waals surface area contributed by atoms with Crippen molar-refractivity contribution in [3.63, 3.8) is 0 Å². The average molecular weight is 446 g/mol. The molecule has 120 valence electrons. The Morgan fingerprint density at radius 1 is 0.792 bits per heavy atom. The van der Waals surface area contributed by atoms with Crippen LogP contribution in [0.1, 0.15) is 17.5 Å². The van der Waals surface area contributed by atoms with Crippen LogP contribution in [0.4, 0.5) is 0 Å². The van der Waals surface area contributed by atoms with Crippen molar-refractivity contribution in [2.45, 2.75) is 12.8 Å². The van der Waals surface area contributed by atoms with Crippen molar-refractivity contribution < 1.29 is 10.2 Å². The van der Waals surface area contributed by atoms with E-state index >= 15 is 0 Å². The summed E-state index contributed by atoms with van der Waals surface area (Å²) in [5.74, 6) is 0.382. The average Bonchev–Trinajstić information content (AvgIpc) is 2.56. The minimum Gasteiger partial charge on any atom is -0.507 e. The van der Waals surface area contributed by atoms with Crippen LogP contribution in [0.2, 0.25) is 0 Å². The summed E-state index contributed by atoms with van der Waals surface area (Å²) in [7, 11) is 0. The zero-order valence-corrected chi connectivity index (χ0v) is 15.9. The van der Waals surface area contributed by atoms with Gasteiger partial charge < -0.3 is 10.2 Å².